The third-order valence-electron chi connectivity index (χ3n) is 3.24. The minimum absolute atomic E-state index is 0.181. The molecule has 2 aromatic rings. The van der Waals surface area contributed by atoms with Gasteiger partial charge in [-0.05, 0) is 24.8 Å². The van der Waals surface area contributed by atoms with Gasteiger partial charge in [0, 0.05) is 12.7 Å². The molecule has 1 aromatic heterocycles. The predicted octanol–water partition coefficient (Wildman–Crippen LogP) is 2.24. The number of sulfonamides is 1. The van der Waals surface area contributed by atoms with Gasteiger partial charge in [-0.1, -0.05) is 36.8 Å². The summed E-state index contributed by atoms with van der Waals surface area (Å²) in [7, 11) is -3.19. The maximum atomic E-state index is 11.9. The Bertz CT molecular complexity index is 610. The average molecular weight is 307 g/mol. The summed E-state index contributed by atoms with van der Waals surface area (Å²) >= 11 is 0. The van der Waals surface area contributed by atoms with Crippen LogP contribution in [0.5, 0.6) is 0 Å². The number of nitrogens with one attached hydrogen (secondary N) is 2. The van der Waals surface area contributed by atoms with Gasteiger partial charge in [-0.15, -0.1) is 0 Å². The molecule has 0 unspecified atom stereocenters. The molecule has 0 aliphatic carbocycles. The molecule has 0 aliphatic rings. The summed E-state index contributed by atoms with van der Waals surface area (Å²) in [5.74, 6) is 0.181. The van der Waals surface area contributed by atoms with Crippen LogP contribution in [-0.4, -0.2) is 24.1 Å². The molecule has 2 rings (SSSR count). The Labute approximate surface area is 125 Å². The number of nitrogens with zero attached hydrogens (tertiary/aromatic N) is 1. The fourth-order valence-electron chi connectivity index (χ4n) is 2.06. The van der Waals surface area contributed by atoms with Crippen molar-refractivity contribution in [3.8, 4) is 0 Å². The van der Waals surface area contributed by atoms with Crippen molar-refractivity contribution in [1.82, 2.24) is 14.7 Å². The van der Waals surface area contributed by atoms with Crippen LogP contribution in [-0.2, 0) is 23.0 Å². The molecule has 0 fully saturated rings. The highest BCUT2D eigenvalue weighted by Gasteiger charge is 2.09. The predicted molar refractivity (Wildman–Crippen MR) is 83.2 cm³/mol. The Morgan fingerprint density at radius 1 is 1.10 bits per heavy atom. The number of aromatic amines is 1. The molecule has 2 N–H and O–H groups in total. The molecule has 0 saturated heterocycles. The molecule has 1 heterocycles. The lowest BCUT2D eigenvalue weighted by Crippen LogP contribution is -2.25. The Hall–Kier alpha value is -1.66. The van der Waals surface area contributed by atoms with Crippen LogP contribution < -0.4 is 4.72 Å². The molecule has 5 nitrogen and oxygen atoms in total. The number of hydrogen-bond acceptors (Lipinski definition) is 3. The van der Waals surface area contributed by atoms with E-state index in [1.54, 1.807) is 6.33 Å². The Morgan fingerprint density at radius 2 is 1.90 bits per heavy atom. The largest absolute Gasteiger partial charge is 0.351 e. The molecule has 0 saturated carbocycles. The van der Waals surface area contributed by atoms with Gasteiger partial charge in [-0.25, -0.2) is 18.1 Å². The van der Waals surface area contributed by atoms with Crippen molar-refractivity contribution in [1.29, 1.82) is 0 Å². The molecule has 0 amide bonds. The number of aromatic nitrogens is 2. The molecular weight excluding hydrogens is 286 g/mol. The van der Waals surface area contributed by atoms with Crippen LogP contribution in [0.3, 0.4) is 0 Å². The summed E-state index contributed by atoms with van der Waals surface area (Å²) in [5.41, 5.74) is 2.00. The summed E-state index contributed by atoms with van der Waals surface area (Å²) in [5, 5.41) is 0. The second-order valence-electron chi connectivity index (χ2n) is 5.00. The monoisotopic (exact) mass is 307 g/mol. The van der Waals surface area contributed by atoms with Crippen LogP contribution in [0.15, 0.2) is 42.9 Å². The van der Waals surface area contributed by atoms with Gasteiger partial charge in [0.1, 0.15) is 0 Å². The van der Waals surface area contributed by atoms with Gasteiger partial charge in [0.05, 0.1) is 17.8 Å². The quantitative estimate of drug-likeness (QED) is 0.698. The molecule has 0 radical (unpaired) electrons. The first kappa shape index (κ1) is 15.7. The normalized spacial score (nSPS) is 11.6. The summed E-state index contributed by atoms with van der Waals surface area (Å²) in [4.78, 5) is 7.05. The molecule has 6 heteroatoms. The number of imidazole rings is 1. The maximum Gasteiger partial charge on any atom is 0.211 e. The van der Waals surface area contributed by atoms with Crippen LogP contribution >= 0.6 is 0 Å². The van der Waals surface area contributed by atoms with Gasteiger partial charge in [0.2, 0.25) is 10.0 Å². The first-order valence-electron chi connectivity index (χ1n) is 7.15. The third-order valence-corrected chi connectivity index (χ3v) is 4.65. The van der Waals surface area contributed by atoms with Crippen molar-refractivity contribution in [2.24, 2.45) is 0 Å². The van der Waals surface area contributed by atoms with Crippen LogP contribution in [0.2, 0.25) is 0 Å². The molecule has 0 bridgehead atoms. The zero-order valence-electron chi connectivity index (χ0n) is 12.0. The van der Waals surface area contributed by atoms with E-state index in [0.717, 1.165) is 30.5 Å². The van der Waals surface area contributed by atoms with E-state index >= 15 is 0 Å². The minimum Gasteiger partial charge on any atom is -0.351 e. The standard InChI is InChI=1S/C15H21N3O2S/c19-21(20,18-11-14-7-3-1-4-8-14)10-6-2-5-9-15-12-16-13-17-15/h1,3-4,7-8,12-13,18H,2,5-6,9-11H2,(H,16,17). The maximum absolute atomic E-state index is 11.9. The second kappa shape index (κ2) is 7.95. The highest BCUT2D eigenvalue weighted by Crippen LogP contribution is 2.05. The SMILES string of the molecule is O=S(=O)(CCCCCc1c[nH]cn1)NCc1ccccc1. The Balaban J connectivity index is 1.62. The van der Waals surface area contributed by atoms with E-state index in [-0.39, 0.29) is 5.75 Å². The van der Waals surface area contributed by atoms with Crippen LogP contribution in [0, 0.1) is 0 Å². The fourth-order valence-corrected chi connectivity index (χ4v) is 3.18. The first-order chi connectivity index (χ1) is 10.2. The van der Waals surface area contributed by atoms with Crippen molar-refractivity contribution in [3.05, 3.63) is 54.1 Å². The number of H-pyrrole nitrogens is 1. The molecule has 0 spiro atoms. The topological polar surface area (TPSA) is 74.8 Å². The number of unbranched alkanes of at least 4 members (excludes halogenated alkanes) is 2. The van der Waals surface area contributed by atoms with Gasteiger partial charge in [-0.3, -0.25) is 0 Å². The molecule has 0 atom stereocenters. The van der Waals surface area contributed by atoms with E-state index in [1.807, 2.05) is 36.5 Å². The van der Waals surface area contributed by atoms with E-state index in [1.165, 1.54) is 0 Å². The molecule has 114 valence electrons. The van der Waals surface area contributed by atoms with E-state index in [0.29, 0.717) is 13.0 Å². The highest BCUT2D eigenvalue weighted by atomic mass is 32.2. The smallest absolute Gasteiger partial charge is 0.211 e. The van der Waals surface area contributed by atoms with Gasteiger partial charge in [0.25, 0.3) is 0 Å². The summed E-state index contributed by atoms with van der Waals surface area (Å²) in [6.45, 7) is 0.358. The van der Waals surface area contributed by atoms with Crippen molar-refractivity contribution < 1.29 is 8.42 Å². The zero-order valence-corrected chi connectivity index (χ0v) is 12.8. The Morgan fingerprint density at radius 3 is 2.62 bits per heavy atom. The lowest BCUT2D eigenvalue weighted by Gasteiger charge is -2.06. The lowest BCUT2D eigenvalue weighted by molar-refractivity contribution is 0.575. The van der Waals surface area contributed by atoms with E-state index in [4.69, 9.17) is 0 Å². The van der Waals surface area contributed by atoms with Crippen molar-refractivity contribution in [2.75, 3.05) is 5.75 Å². The molecule has 0 aliphatic heterocycles. The Kier molecular flexibility index (Phi) is 5.95. The highest BCUT2D eigenvalue weighted by molar-refractivity contribution is 7.89. The van der Waals surface area contributed by atoms with Gasteiger partial charge in [-0.2, -0.15) is 0 Å². The van der Waals surface area contributed by atoms with Gasteiger partial charge >= 0.3 is 0 Å². The number of hydrogen-bond donors (Lipinski definition) is 2. The lowest BCUT2D eigenvalue weighted by atomic mass is 10.2. The fraction of sp³-hybridized carbons (Fsp3) is 0.400. The van der Waals surface area contributed by atoms with Crippen molar-refractivity contribution >= 4 is 10.0 Å². The summed E-state index contributed by atoms with van der Waals surface area (Å²) < 4.78 is 26.4. The number of aryl methyl sites for hydroxylation is 1. The van der Waals surface area contributed by atoms with Gasteiger partial charge in [0.15, 0.2) is 0 Å². The second-order valence-corrected chi connectivity index (χ2v) is 6.92. The van der Waals surface area contributed by atoms with Crippen molar-refractivity contribution in [2.45, 2.75) is 32.2 Å². The van der Waals surface area contributed by atoms with Crippen molar-refractivity contribution in [3.63, 3.8) is 0 Å². The zero-order chi connectivity index (χ0) is 15.0. The van der Waals surface area contributed by atoms with E-state index < -0.39 is 10.0 Å². The molecule has 1 aromatic carbocycles. The minimum atomic E-state index is -3.19. The number of rotatable bonds is 9. The summed E-state index contributed by atoms with van der Waals surface area (Å²) in [6.07, 6.45) is 6.94. The first-order valence-corrected chi connectivity index (χ1v) is 8.80. The van der Waals surface area contributed by atoms with Crippen LogP contribution in [0.1, 0.15) is 30.5 Å². The van der Waals surface area contributed by atoms with E-state index in [9.17, 15) is 8.42 Å². The molecule has 21 heavy (non-hydrogen) atoms. The van der Waals surface area contributed by atoms with Crippen LogP contribution in [0.4, 0.5) is 0 Å². The van der Waals surface area contributed by atoms with Crippen LogP contribution in [0.25, 0.3) is 0 Å². The van der Waals surface area contributed by atoms with E-state index in [2.05, 4.69) is 14.7 Å². The average Bonchev–Trinajstić information content (AvgIpc) is 2.99. The molecular formula is C15H21N3O2S. The van der Waals surface area contributed by atoms with Gasteiger partial charge < -0.3 is 4.98 Å². The summed E-state index contributed by atoms with van der Waals surface area (Å²) in [6, 6.07) is 9.54. The number of benzene rings is 1. The third kappa shape index (κ3) is 6.10.